The summed E-state index contributed by atoms with van der Waals surface area (Å²) >= 11 is 0. The van der Waals surface area contributed by atoms with Crippen LogP contribution in [-0.4, -0.2) is 18.2 Å². The quantitative estimate of drug-likeness (QED) is 0.839. The van der Waals surface area contributed by atoms with E-state index in [0.717, 1.165) is 25.6 Å². The number of nitrogens with one attached hydrogen (secondary N) is 1. The lowest BCUT2D eigenvalue weighted by atomic mass is 9.96. The first kappa shape index (κ1) is 12.2. The minimum absolute atomic E-state index is 0.310. The second-order valence-corrected chi connectivity index (χ2v) is 4.37. The third-order valence-corrected chi connectivity index (χ3v) is 3.10. The predicted octanol–water partition coefficient (Wildman–Crippen LogP) is 2.56. The van der Waals surface area contributed by atoms with Crippen LogP contribution in [0.3, 0.4) is 0 Å². The third-order valence-electron chi connectivity index (χ3n) is 3.10. The molecule has 5 heteroatoms. The number of aromatic hydroxyl groups is 1. The molecule has 1 aromatic rings. The Hall–Kier alpha value is -1.23. The molecular formula is C12H14F3NO. The second kappa shape index (κ2) is 4.56. The number of hydrogen-bond acceptors (Lipinski definition) is 2. The molecule has 1 aliphatic heterocycles. The highest BCUT2D eigenvalue weighted by atomic mass is 19.4. The maximum absolute atomic E-state index is 12.6. The van der Waals surface area contributed by atoms with Crippen molar-refractivity contribution in [2.24, 2.45) is 5.92 Å². The number of phenolic OH excluding ortho intramolecular Hbond substituents is 1. The zero-order valence-corrected chi connectivity index (χ0v) is 9.22. The van der Waals surface area contributed by atoms with E-state index in [4.69, 9.17) is 0 Å². The molecule has 0 aromatic heterocycles. The van der Waals surface area contributed by atoms with Crippen LogP contribution in [0.25, 0.3) is 0 Å². The van der Waals surface area contributed by atoms with Gasteiger partial charge in [-0.3, -0.25) is 0 Å². The minimum Gasteiger partial charge on any atom is -0.507 e. The van der Waals surface area contributed by atoms with Crippen molar-refractivity contribution < 1.29 is 18.3 Å². The fourth-order valence-corrected chi connectivity index (χ4v) is 2.18. The Kier molecular flexibility index (Phi) is 3.28. The van der Waals surface area contributed by atoms with Crippen LogP contribution in [0.5, 0.6) is 5.75 Å². The Morgan fingerprint density at radius 2 is 2.12 bits per heavy atom. The highest BCUT2D eigenvalue weighted by Gasteiger charge is 2.34. The van der Waals surface area contributed by atoms with Gasteiger partial charge in [-0.2, -0.15) is 13.2 Å². The van der Waals surface area contributed by atoms with Gasteiger partial charge < -0.3 is 10.4 Å². The van der Waals surface area contributed by atoms with Gasteiger partial charge >= 0.3 is 6.18 Å². The fourth-order valence-electron chi connectivity index (χ4n) is 2.18. The molecule has 17 heavy (non-hydrogen) atoms. The van der Waals surface area contributed by atoms with E-state index in [1.54, 1.807) is 6.07 Å². The predicted molar refractivity (Wildman–Crippen MR) is 57.8 cm³/mol. The van der Waals surface area contributed by atoms with Crippen molar-refractivity contribution in [3.05, 3.63) is 29.3 Å². The molecule has 1 atom stereocenters. The van der Waals surface area contributed by atoms with E-state index in [2.05, 4.69) is 5.32 Å². The number of halogens is 3. The van der Waals surface area contributed by atoms with Crippen LogP contribution in [0.1, 0.15) is 17.5 Å². The largest absolute Gasteiger partial charge is 0.507 e. The molecule has 0 spiro atoms. The van der Waals surface area contributed by atoms with Crippen LogP contribution in [0.2, 0.25) is 0 Å². The Labute approximate surface area is 97.5 Å². The molecule has 1 heterocycles. The lowest BCUT2D eigenvalue weighted by Gasteiger charge is -2.14. The summed E-state index contributed by atoms with van der Waals surface area (Å²) in [5.41, 5.74) is -0.561. The second-order valence-electron chi connectivity index (χ2n) is 4.37. The average molecular weight is 245 g/mol. The van der Waals surface area contributed by atoms with Crippen molar-refractivity contribution in [2.45, 2.75) is 19.0 Å². The van der Waals surface area contributed by atoms with Gasteiger partial charge in [-0.1, -0.05) is 12.1 Å². The van der Waals surface area contributed by atoms with Crippen LogP contribution < -0.4 is 5.32 Å². The molecule has 0 aliphatic carbocycles. The van der Waals surface area contributed by atoms with E-state index in [1.807, 2.05) is 0 Å². The van der Waals surface area contributed by atoms with Crippen molar-refractivity contribution in [3.63, 3.8) is 0 Å². The van der Waals surface area contributed by atoms with Crippen molar-refractivity contribution in [1.82, 2.24) is 5.32 Å². The van der Waals surface area contributed by atoms with Crippen molar-refractivity contribution in [1.29, 1.82) is 0 Å². The molecule has 0 amide bonds. The first-order valence-electron chi connectivity index (χ1n) is 5.57. The Balaban J connectivity index is 2.22. The lowest BCUT2D eigenvalue weighted by molar-refractivity contribution is -0.138. The van der Waals surface area contributed by atoms with E-state index in [9.17, 15) is 18.3 Å². The molecule has 0 bridgehead atoms. The smallest absolute Gasteiger partial charge is 0.419 e. The number of benzene rings is 1. The van der Waals surface area contributed by atoms with Gasteiger partial charge in [-0.25, -0.2) is 0 Å². The van der Waals surface area contributed by atoms with E-state index in [1.165, 1.54) is 6.07 Å². The Bertz CT molecular complexity index is 397. The lowest BCUT2D eigenvalue weighted by Crippen LogP contribution is -2.12. The summed E-state index contributed by atoms with van der Waals surface area (Å²) in [6.07, 6.45) is -3.06. The summed E-state index contributed by atoms with van der Waals surface area (Å²) in [5, 5.41) is 12.8. The molecule has 1 aromatic carbocycles. The van der Waals surface area contributed by atoms with Gasteiger partial charge in [-0.05, 0) is 43.5 Å². The van der Waals surface area contributed by atoms with Crippen LogP contribution in [0.15, 0.2) is 18.2 Å². The standard InChI is InChI=1S/C12H14F3NO/c13-12(14,15)10-3-1-2-9(11(10)17)6-8-4-5-16-7-8/h1-3,8,16-17H,4-7H2. The first-order chi connectivity index (χ1) is 7.98. The number of rotatable bonds is 2. The van der Waals surface area contributed by atoms with Crippen molar-refractivity contribution in [2.75, 3.05) is 13.1 Å². The normalized spacial score (nSPS) is 20.8. The maximum Gasteiger partial charge on any atom is 0.419 e. The summed E-state index contributed by atoms with van der Waals surface area (Å²) in [7, 11) is 0. The summed E-state index contributed by atoms with van der Waals surface area (Å²) in [5.74, 6) is -0.309. The van der Waals surface area contributed by atoms with Crippen LogP contribution in [0.4, 0.5) is 13.2 Å². The highest BCUT2D eigenvalue weighted by Crippen LogP contribution is 2.38. The molecular weight excluding hydrogens is 231 g/mol. The van der Waals surface area contributed by atoms with Gasteiger partial charge in [0.25, 0.3) is 0 Å². The van der Waals surface area contributed by atoms with Crippen LogP contribution in [0, 0.1) is 5.92 Å². The molecule has 2 nitrogen and oxygen atoms in total. The molecule has 1 fully saturated rings. The molecule has 1 saturated heterocycles. The molecule has 94 valence electrons. The molecule has 2 N–H and O–H groups in total. The Morgan fingerprint density at radius 3 is 2.71 bits per heavy atom. The highest BCUT2D eigenvalue weighted by molar-refractivity contribution is 5.42. The zero-order chi connectivity index (χ0) is 12.5. The van der Waals surface area contributed by atoms with E-state index in [0.29, 0.717) is 17.9 Å². The van der Waals surface area contributed by atoms with Gasteiger partial charge in [0.15, 0.2) is 0 Å². The number of para-hydroxylation sites is 1. The Morgan fingerprint density at radius 1 is 1.35 bits per heavy atom. The van der Waals surface area contributed by atoms with Gasteiger partial charge in [0.1, 0.15) is 5.75 Å². The summed E-state index contributed by atoms with van der Waals surface area (Å²) in [6.45, 7) is 1.69. The molecule has 1 unspecified atom stereocenters. The average Bonchev–Trinajstić information content (AvgIpc) is 2.72. The fraction of sp³-hybridized carbons (Fsp3) is 0.500. The summed E-state index contributed by atoms with van der Waals surface area (Å²) < 4.78 is 37.7. The topological polar surface area (TPSA) is 32.3 Å². The van der Waals surface area contributed by atoms with Gasteiger partial charge in [-0.15, -0.1) is 0 Å². The van der Waals surface area contributed by atoms with Crippen molar-refractivity contribution in [3.8, 4) is 5.75 Å². The SMILES string of the molecule is Oc1c(CC2CCNC2)cccc1C(F)(F)F. The summed E-state index contributed by atoms with van der Waals surface area (Å²) in [4.78, 5) is 0. The van der Waals surface area contributed by atoms with E-state index < -0.39 is 17.5 Å². The van der Waals surface area contributed by atoms with E-state index >= 15 is 0 Å². The number of alkyl halides is 3. The minimum atomic E-state index is -4.49. The van der Waals surface area contributed by atoms with Gasteiger partial charge in [0.05, 0.1) is 5.56 Å². The third kappa shape index (κ3) is 2.72. The molecule has 1 aliphatic rings. The molecule has 0 radical (unpaired) electrons. The van der Waals surface area contributed by atoms with E-state index in [-0.39, 0.29) is 0 Å². The van der Waals surface area contributed by atoms with Crippen LogP contribution in [-0.2, 0) is 12.6 Å². The number of phenols is 1. The van der Waals surface area contributed by atoms with Gasteiger partial charge in [0, 0.05) is 0 Å². The van der Waals surface area contributed by atoms with Crippen molar-refractivity contribution >= 4 is 0 Å². The van der Waals surface area contributed by atoms with Crippen LogP contribution >= 0.6 is 0 Å². The maximum atomic E-state index is 12.6. The molecule has 0 saturated carbocycles. The number of hydrogen-bond donors (Lipinski definition) is 2. The monoisotopic (exact) mass is 245 g/mol. The summed E-state index contributed by atoms with van der Waals surface area (Å²) in [6, 6.07) is 3.81. The molecule has 2 rings (SSSR count). The first-order valence-corrected chi connectivity index (χ1v) is 5.57. The zero-order valence-electron chi connectivity index (χ0n) is 9.22. The van der Waals surface area contributed by atoms with Gasteiger partial charge in [0.2, 0.25) is 0 Å².